The highest BCUT2D eigenvalue weighted by Crippen LogP contribution is 2.52. The van der Waals surface area contributed by atoms with E-state index in [1.807, 2.05) is 36.4 Å². The standard InChI is InChI=1S/C29H30N2O5S/c1-36-29(33)25-24(21-11-5-2-6-12-21)27(28(32)30-19-20-17-18-20)31(26(25)22-13-7-3-8-14-22)37(34,35)23-15-9-4-10-16-23/h2-16,20,24-27H,17-19H2,1H3,(H,30,32). The Labute approximate surface area is 217 Å². The number of methoxy groups -OCH3 is 1. The van der Waals surface area contributed by atoms with E-state index in [1.54, 1.807) is 42.5 Å². The van der Waals surface area contributed by atoms with Gasteiger partial charge in [0.1, 0.15) is 6.04 Å². The zero-order valence-electron chi connectivity index (χ0n) is 20.6. The first-order valence-corrected chi connectivity index (χ1v) is 13.9. The van der Waals surface area contributed by atoms with Gasteiger partial charge in [0.25, 0.3) is 0 Å². The van der Waals surface area contributed by atoms with Crippen LogP contribution in [-0.2, 0) is 24.3 Å². The molecule has 1 saturated carbocycles. The molecule has 1 heterocycles. The molecule has 1 N–H and O–H groups in total. The Kier molecular flexibility index (Phi) is 7.13. The molecular weight excluding hydrogens is 488 g/mol. The molecule has 8 heteroatoms. The number of nitrogens with one attached hydrogen (secondary N) is 1. The Morgan fingerprint density at radius 2 is 1.41 bits per heavy atom. The molecule has 3 aromatic carbocycles. The Hall–Kier alpha value is -3.49. The smallest absolute Gasteiger partial charge is 0.311 e. The van der Waals surface area contributed by atoms with Crippen molar-refractivity contribution in [1.82, 2.24) is 9.62 Å². The maximum Gasteiger partial charge on any atom is 0.311 e. The molecule has 2 aliphatic rings. The van der Waals surface area contributed by atoms with Gasteiger partial charge in [-0.15, -0.1) is 0 Å². The minimum atomic E-state index is -4.20. The summed E-state index contributed by atoms with van der Waals surface area (Å²) in [5, 5.41) is 2.99. The first kappa shape index (κ1) is 25.2. The van der Waals surface area contributed by atoms with E-state index in [-0.39, 0.29) is 4.90 Å². The number of hydrogen-bond donors (Lipinski definition) is 1. The van der Waals surface area contributed by atoms with E-state index >= 15 is 0 Å². The Morgan fingerprint density at radius 1 is 0.865 bits per heavy atom. The normalized spacial score (nSPS) is 23.9. The van der Waals surface area contributed by atoms with E-state index in [0.717, 1.165) is 12.8 Å². The molecule has 0 radical (unpaired) electrons. The molecule has 5 rings (SSSR count). The van der Waals surface area contributed by atoms with Crippen molar-refractivity contribution in [2.75, 3.05) is 13.7 Å². The molecular formula is C29H30N2O5S. The number of ether oxygens (including phenoxy) is 1. The van der Waals surface area contributed by atoms with Crippen LogP contribution in [0.5, 0.6) is 0 Å². The predicted octanol–water partition coefficient (Wildman–Crippen LogP) is 3.90. The average molecular weight is 519 g/mol. The van der Waals surface area contributed by atoms with Crippen LogP contribution in [0.25, 0.3) is 0 Å². The second kappa shape index (κ2) is 10.5. The van der Waals surface area contributed by atoms with Gasteiger partial charge in [-0.25, -0.2) is 8.42 Å². The van der Waals surface area contributed by atoms with E-state index in [2.05, 4.69) is 5.32 Å². The molecule has 4 unspecified atom stereocenters. The van der Waals surface area contributed by atoms with Crippen LogP contribution in [0.1, 0.15) is 35.9 Å². The average Bonchev–Trinajstić information content (AvgIpc) is 3.70. The molecule has 1 aliphatic carbocycles. The van der Waals surface area contributed by atoms with Gasteiger partial charge >= 0.3 is 5.97 Å². The van der Waals surface area contributed by atoms with Gasteiger partial charge in [-0.05, 0) is 42.0 Å². The summed E-state index contributed by atoms with van der Waals surface area (Å²) in [5.74, 6) is -2.26. The molecule has 7 nitrogen and oxygen atoms in total. The van der Waals surface area contributed by atoms with E-state index in [0.29, 0.717) is 23.6 Å². The summed E-state index contributed by atoms with van der Waals surface area (Å²) in [6, 6.07) is 24.2. The minimum Gasteiger partial charge on any atom is -0.469 e. The number of rotatable bonds is 8. The van der Waals surface area contributed by atoms with Gasteiger partial charge in [-0.2, -0.15) is 4.31 Å². The highest BCUT2D eigenvalue weighted by Gasteiger charge is 2.60. The Bertz CT molecular complexity index is 1340. The first-order valence-electron chi connectivity index (χ1n) is 12.5. The number of esters is 1. The van der Waals surface area contributed by atoms with Crippen LogP contribution in [0.4, 0.5) is 0 Å². The van der Waals surface area contributed by atoms with Gasteiger partial charge < -0.3 is 10.1 Å². The maximum absolute atomic E-state index is 14.3. The number of benzene rings is 3. The lowest BCUT2D eigenvalue weighted by Crippen LogP contribution is -2.49. The molecule has 2 fully saturated rings. The summed E-state index contributed by atoms with van der Waals surface area (Å²) < 4.78 is 35.1. The van der Waals surface area contributed by atoms with Crippen LogP contribution in [0.3, 0.4) is 0 Å². The maximum atomic E-state index is 14.3. The van der Waals surface area contributed by atoms with Crippen molar-refractivity contribution >= 4 is 21.9 Å². The van der Waals surface area contributed by atoms with Crippen LogP contribution in [0.15, 0.2) is 95.9 Å². The first-order chi connectivity index (χ1) is 17.9. The van der Waals surface area contributed by atoms with Crippen molar-refractivity contribution in [3.63, 3.8) is 0 Å². The highest BCUT2D eigenvalue weighted by molar-refractivity contribution is 7.89. The summed E-state index contributed by atoms with van der Waals surface area (Å²) in [6.45, 7) is 0.481. The Balaban J connectivity index is 1.74. The van der Waals surface area contributed by atoms with Gasteiger partial charge in [-0.1, -0.05) is 78.9 Å². The van der Waals surface area contributed by atoms with Gasteiger partial charge in [0.2, 0.25) is 15.9 Å². The number of amides is 1. The van der Waals surface area contributed by atoms with Crippen molar-refractivity contribution in [2.45, 2.75) is 35.7 Å². The molecule has 192 valence electrons. The molecule has 0 bridgehead atoms. The Morgan fingerprint density at radius 3 is 1.95 bits per heavy atom. The van der Waals surface area contributed by atoms with Gasteiger partial charge in [0, 0.05) is 12.5 Å². The fraction of sp³-hybridized carbons (Fsp3) is 0.310. The molecule has 37 heavy (non-hydrogen) atoms. The van der Waals surface area contributed by atoms with Gasteiger partial charge in [0.15, 0.2) is 0 Å². The number of sulfonamides is 1. The van der Waals surface area contributed by atoms with Crippen molar-refractivity contribution in [3.05, 3.63) is 102 Å². The number of nitrogens with zero attached hydrogens (tertiary/aromatic N) is 1. The molecule has 0 aromatic heterocycles. The molecule has 1 aliphatic heterocycles. The molecule has 1 amide bonds. The second-order valence-electron chi connectivity index (χ2n) is 9.62. The summed E-state index contributed by atoms with van der Waals surface area (Å²) in [5.41, 5.74) is 1.33. The third kappa shape index (κ3) is 4.91. The highest BCUT2D eigenvalue weighted by atomic mass is 32.2. The van der Waals surface area contributed by atoms with Crippen LogP contribution in [0, 0.1) is 11.8 Å². The van der Waals surface area contributed by atoms with Crippen molar-refractivity contribution in [1.29, 1.82) is 0 Å². The van der Waals surface area contributed by atoms with Crippen LogP contribution >= 0.6 is 0 Å². The van der Waals surface area contributed by atoms with Gasteiger partial charge in [0.05, 0.1) is 24.0 Å². The van der Waals surface area contributed by atoms with Gasteiger partial charge in [-0.3, -0.25) is 9.59 Å². The van der Waals surface area contributed by atoms with Crippen LogP contribution in [-0.4, -0.2) is 44.3 Å². The molecule has 0 spiro atoms. The SMILES string of the molecule is COC(=O)C1C(c2ccccc2)C(C(=O)NCC2CC2)N(S(=O)(=O)c2ccccc2)C1c1ccccc1. The monoisotopic (exact) mass is 518 g/mol. The predicted molar refractivity (Wildman–Crippen MR) is 139 cm³/mol. The summed E-state index contributed by atoms with van der Waals surface area (Å²) in [7, 11) is -2.91. The lowest BCUT2D eigenvalue weighted by Gasteiger charge is -2.30. The third-order valence-corrected chi connectivity index (χ3v) is 9.14. The van der Waals surface area contributed by atoms with Crippen molar-refractivity contribution in [3.8, 4) is 0 Å². The van der Waals surface area contributed by atoms with E-state index < -0.39 is 45.8 Å². The van der Waals surface area contributed by atoms with E-state index in [4.69, 9.17) is 4.74 Å². The van der Waals surface area contributed by atoms with E-state index in [1.165, 1.54) is 23.5 Å². The lowest BCUT2D eigenvalue weighted by atomic mass is 9.80. The van der Waals surface area contributed by atoms with Crippen LogP contribution in [0.2, 0.25) is 0 Å². The third-order valence-electron chi connectivity index (χ3n) is 7.26. The van der Waals surface area contributed by atoms with Crippen LogP contribution < -0.4 is 5.32 Å². The topological polar surface area (TPSA) is 92.8 Å². The number of hydrogen-bond acceptors (Lipinski definition) is 5. The fourth-order valence-electron chi connectivity index (χ4n) is 5.33. The molecule has 3 aromatic rings. The summed E-state index contributed by atoms with van der Waals surface area (Å²) >= 11 is 0. The summed E-state index contributed by atoms with van der Waals surface area (Å²) in [6.07, 6.45) is 2.08. The zero-order valence-corrected chi connectivity index (χ0v) is 21.4. The summed E-state index contributed by atoms with van der Waals surface area (Å²) in [4.78, 5) is 27.4. The zero-order chi connectivity index (χ0) is 26.0. The molecule has 1 saturated heterocycles. The quantitative estimate of drug-likeness (QED) is 0.457. The second-order valence-corrected chi connectivity index (χ2v) is 11.5. The number of carbonyl (C=O) groups is 2. The minimum absolute atomic E-state index is 0.0632. The fourth-order valence-corrected chi connectivity index (χ4v) is 7.15. The van der Waals surface area contributed by atoms with Crippen molar-refractivity contribution < 1.29 is 22.7 Å². The van der Waals surface area contributed by atoms with E-state index in [9.17, 15) is 18.0 Å². The van der Waals surface area contributed by atoms with Crippen molar-refractivity contribution in [2.24, 2.45) is 11.8 Å². The molecule has 4 atom stereocenters. The lowest BCUT2D eigenvalue weighted by molar-refractivity contribution is -0.146. The largest absolute Gasteiger partial charge is 0.469 e. The number of carbonyl (C=O) groups excluding carboxylic acids is 2.